The van der Waals surface area contributed by atoms with Crippen LogP contribution in [0.2, 0.25) is 0 Å². The molecule has 0 unspecified atom stereocenters. The first-order valence-electron chi connectivity index (χ1n) is 5.78. The fourth-order valence-corrected chi connectivity index (χ4v) is 1.42. The number of hydrogen-bond donors (Lipinski definition) is 2. The maximum Gasteiger partial charge on any atom is 0.304 e. The van der Waals surface area contributed by atoms with Gasteiger partial charge in [-0.1, -0.05) is 26.5 Å². The normalized spacial score (nSPS) is 12.6. The molecule has 3 nitrogen and oxygen atoms in total. The lowest BCUT2D eigenvalue weighted by atomic mass is 9.94. The van der Waals surface area contributed by atoms with Gasteiger partial charge in [0.05, 0.1) is 5.60 Å². The highest BCUT2D eigenvalue weighted by atomic mass is 32.1. The molecule has 0 aliphatic rings. The van der Waals surface area contributed by atoms with E-state index in [9.17, 15) is 13.9 Å². The van der Waals surface area contributed by atoms with Crippen LogP contribution in [0.4, 0.5) is 8.78 Å². The highest BCUT2D eigenvalue weighted by Crippen LogP contribution is 2.20. The second-order valence-corrected chi connectivity index (χ2v) is 5.22. The summed E-state index contributed by atoms with van der Waals surface area (Å²) in [5.41, 5.74) is -0.835. The minimum Gasteiger partial charge on any atom is -0.472 e. The first kappa shape index (κ1) is 18.0. The molecular formula is C11H20F2O3S2. The average molecular weight is 302 g/mol. The quantitative estimate of drug-likeness (QED) is 0.390. The maximum absolute atomic E-state index is 13.2. The van der Waals surface area contributed by atoms with Gasteiger partial charge in [0.1, 0.15) is 6.61 Å². The van der Waals surface area contributed by atoms with Gasteiger partial charge < -0.3 is 14.6 Å². The van der Waals surface area contributed by atoms with Crippen LogP contribution in [-0.4, -0.2) is 40.8 Å². The Bertz CT molecular complexity index is 259. The SMILES string of the molecule is CCC(O)(CC)CCOCC(F)(F)COC(=S)S. The number of hydrogen-bond acceptors (Lipinski definition) is 4. The van der Waals surface area contributed by atoms with E-state index in [0.717, 1.165) is 0 Å². The monoisotopic (exact) mass is 302 g/mol. The summed E-state index contributed by atoms with van der Waals surface area (Å²) in [6, 6.07) is 0. The minimum absolute atomic E-state index is 0.0824. The lowest BCUT2D eigenvalue weighted by molar-refractivity contribution is -0.110. The van der Waals surface area contributed by atoms with E-state index in [1.165, 1.54) is 0 Å². The molecule has 0 saturated heterocycles. The summed E-state index contributed by atoms with van der Waals surface area (Å²) in [4.78, 5) is 0. The Kier molecular flexibility index (Phi) is 8.25. The van der Waals surface area contributed by atoms with Crippen LogP contribution in [0.5, 0.6) is 0 Å². The van der Waals surface area contributed by atoms with E-state index in [-0.39, 0.29) is 11.0 Å². The Morgan fingerprint density at radius 2 is 1.83 bits per heavy atom. The molecule has 108 valence electrons. The summed E-state index contributed by atoms with van der Waals surface area (Å²) >= 11 is 8.00. The number of thiocarbonyl (C=S) groups is 1. The van der Waals surface area contributed by atoms with Gasteiger partial charge in [-0.2, -0.15) is 0 Å². The lowest BCUT2D eigenvalue weighted by Gasteiger charge is -2.25. The van der Waals surface area contributed by atoms with Gasteiger partial charge in [0.2, 0.25) is 4.38 Å². The first-order valence-corrected chi connectivity index (χ1v) is 6.64. The molecule has 0 rings (SSSR count). The van der Waals surface area contributed by atoms with Crippen LogP contribution < -0.4 is 0 Å². The highest BCUT2D eigenvalue weighted by molar-refractivity contribution is 8.10. The fraction of sp³-hybridized carbons (Fsp3) is 0.909. The highest BCUT2D eigenvalue weighted by Gasteiger charge is 2.31. The van der Waals surface area contributed by atoms with E-state index in [4.69, 9.17) is 4.74 Å². The Balaban J connectivity index is 3.86. The lowest BCUT2D eigenvalue weighted by Crippen LogP contribution is -2.33. The number of aliphatic hydroxyl groups is 1. The van der Waals surface area contributed by atoms with E-state index in [1.807, 2.05) is 13.8 Å². The van der Waals surface area contributed by atoms with Crippen LogP contribution in [-0.2, 0) is 9.47 Å². The molecule has 7 heteroatoms. The summed E-state index contributed by atoms with van der Waals surface area (Å²) in [5, 5.41) is 9.91. The summed E-state index contributed by atoms with van der Waals surface area (Å²) in [5.74, 6) is -3.11. The van der Waals surface area contributed by atoms with Crippen LogP contribution in [0.3, 0.4) is 0 Å². The van der Waals surface area contributed by atoms with Gasteiger partial charge in [0.25, 0.3) is 0 Å². The number of rotatable bonds is 9. The van der Waals surface area contributed by atoms with Crippen LogP contribution in [0.1, 0.15) is 33.1 Å². The third-order valence-electron chi connectivity index (χ3n) is 2.75. The smallest absolute Gasteiger partial charge is 0.304 e. The molecule has 0 heterocycles. The van der Waals surface area contributed by atoms with Crippen LogP contribution >= 0.6 is 24.8 Å². The van der Waals surface area contributed by atoms with E-state index >= 15 is 0 Å². The molecule has 0 amide bonds. The van der Waals surface area contributed by atoms with Crippen LogP contribution in [0.25, 0.3) is 0 Å². The molecule has 0 aromatic rings. The average Bonchev–Trinajstić information content (AvgIpc) is 2.32. The van der Waals surface area contributed by atoms with Gasteiger partial charge >= 0.3 is 5.92 Å². The van der Waals surface area contributed by atoms with Crippen molar-refractivity contribution in [2.75, 3.05) is 19.8 Å². The summed E-state index contributed by atoms with van der Waals surface area (Å²) in [6.45, 7) is 2.17. The van der Waals surface area contributed by atoms with Crippen molar-refractivity contribution in [2.45, 2.75) is 44.6 Å². The molecule has 0 aliphatic heterocycles. The van der Waals surface area contributed by atoms with Crippen molar-refractivity contribution in [1.82, 2.24) is 0 Å². The van der Waals surface area contributed by atoms with Crippen molar-refractivity contribution in [3.8, 4) is 0 Å². The summed E-state index contributed by atoms with van der Waals surface area (Å²) in [6.07, 6.45) is 1.47. The molecule has 0 spiro atoms. The second kappa shape index (κ2) is 8.24. The largest absolute Gasteiger partial charge is 0.472 e. The molecule has 0 aliphatic carbocycles. The third-order valence-corrected chi connectivity index (χ3v) is 2.99. The van der Waals surface area contributed by atoms with Crippen molar-refractivity contribution in [1.29, 1.82) is 0 Å². The van der Waals surface area contributed by atoms with Crippen molar-refractivity contribution in [3.05, 3.63) is 0 Å². The van der Waals surface area contributed by atoms with Crippen LogP contribution in [0.15, 0.2) is 0 Å². The number of alkyl halides is 2. The Labute approximate surface area is 117 Å². The van der Waals surface area contributed by atoms with Gasteiger partial charge in [-0.05, 0) is 31.5 Å². The summed E-state index contributed by atoms with van der Waals surface area (Å²) < 4.78 is 35.4. The van der Waals surface area contributed by atoms with E-state index < -0.39 is 24.7 Å². The molecule has 0 fully saturated rings. The van der Waals surface area contributed by atoms with Crippen molar-refractivity contribution in [2.24, 2.45) is 0 Å². The van der Waals surface area contributed by atoms with Gasteiger partial charge in [-0.15, -0.1) is 0 Å². The molecule has 0 atom stereocenters. The molecule has 0 aromatic heterocycles. The van der Waals surface area contributed by atoms with Gasteiger partial charge in [0.15, 0.2) is 6.61 Å². The van der Waals surface area contributed by atoms with Crippen molar-refractivity contribution < 1.29 is 23.4 Å². The van der Waals surface area contributed by atoms with E-state index in [2.05, 4.69) is 29.6 Å². The van der Waals surface area contributed by atoms with E-state index in [0.29, 0.717) is 19.3 Å². The molecule has 18 heavy (non-hydrogen) atoms. The predicted octanol–water partition coefficient (Wildman–Crippen LogP) is 2.81. The zero-order valence-electron chi connectivity index (χ0n) is 10.6. The summed E-state index contributed by atoms with van der Waals surface area (Å²) in [7, 11) is 0. The number of halogens is 2. The first-order chi connectivity index (χ1) is 8.24. The molecule has 0 bridgehead atoms. The Morgan fingerprint density at radius 1 is 1.28 bits per heavy atom. The zero-order chi connectivity index (χ0) is 14.2. The van der Waals surface area contributed by atoms with Gasteiger partial charge in [-0.25, -0.2) is 8.78 Å². The topological polar surface area (TPSA) is 38.7 Å². The minimum atomic E-state index is -3.11. The van der Waals surface area contributed by atoms with E-state index in [1.54, 1.807) is 0 Å². The molecule has 0 saturated carbocycles. The molecular weight excluding hydrogens is 282 g/mol. The number of ether oxygens (including phenoxy) is 2. The molecule has 0 radical (unpaired) electrons. The Hall–Kier alpha value is 0.0200. The third kappa shape index (κ3) is 8.18. The van der Waals surface area contributed by atoms with Gasteiger partial charge in [-0.3, -0.25) is 0 Å². The Morgan fingerprint density at radius 3 is 2.28 bits per heavy atom. The fourth-order valence-electron chi connectivity index (χ4n) is 1.30. The maximum atomic E-state index is 13.2. The van der Waals surface area contributed by atoms with Gasteiger partial charge in [0, 0.05) is 6.61 Å². The van der Waals surface area contributed by atoms with Crippen molar-refractivity contribution >= 4 is 29.2 Å². The predicted molar refractivity (Wildman–Crippen MR) is 73.5 cm³/mol. The second-order valence-electron chi connectivity index (χ2n) is 4.14. The van der Waals surface area contributed by atoms with Crippen LogP contribution in [0, 0.1) is 0 Å². The standard InChI is InChI=1S/C11H20F2O3S2/c1-3-10(14,4-2)5-6-15-7-11(12,13)8-16-9(17)18/h14H,3-8H2,1-2H3,(H,17,18). The number of thiol groups is 1. The van der Waals surface area contributed by atoms with Crippen molar-refractivity contribution in [3.63, 3.8) is 0 Å². The zero-order valence-corrected chi connectivity index (χ0v) is 12.3. The molecule has 0 aromatic carbocycles. The molecule has 1 N–H and O–H groups in total.